The molecule has 3 heteroatoms. The van der Waals surface area contributed by atoms with Crippen LogP contribution >= 0.6 is 0 Å². The number of hydrogen-bond acceptors (Lipinski definition) is 1. The molecule has 0 aromatic rings. The molecule has 0 aliphatic rings. The van der Waals surface area contributed by atoms with Crippen molar-refractivity contribution < 1.29 is 5.11 Å². The van der Waals surface area contributed by atoms with Gasteiger partial charge in [-0.05, 0) is 0 Å². The van der Waals surface area contributed by atoms with Gasteiger partial charge in [-0.25, -0.2) is 0 Å². The van der Waals surface area contributed by atoms with Crippen LogP contribution in [0, 0.1) is 0 Å². The zero-order valence-electron chi connectivity index (χ0n) is 17.4. The van der Waals surface area contributed by atoms with Crippen LogP contribution in [0.1, 0.15) is 73.1 Å². The van der Waals surface area contributed by atoms with E-state index < -0.39 is 32.1 Å². The van der Waals surface area contributed by atoms with Gasteiger partial charge >= 0.3 is 153 Å². The summed E-state index contributed by atoms with van der Waals surface area (Å²) >= 11 is -2.51. The van der Waals surface area contributed by atoms with E-state index in [2.05, 4.69) is 60.0 Å². The zero-order valence-corrected chi connectivity index (χ0v) is 21.2. The van der Waals surface area contributed by atoms with E-state index in [-0.39, 0.29) is 0 Å². The SMILES string of the molecule is CCC[CH2][Sn]([CH2]CCC)([CH2]CCC)/[C](=C\[Si](C)(C)C)C(C)(C)O. The molecule has 23 heavy (non-hydrogen) atoms. The van der Waals surface area contributed by atoms with Crippen LogP contribution in [-0.4, -0.2) is 37.2 Å². The summed E-state index contributed by atoms with van der Waals surface area (Å²) in [4.78, 5) is 0. The van der Waals surface area contributed by atoms with Gasteiger partial charge in [0.25, 0.3) is 0 Å². The fraction of sp³-hybridized carbons (Fsp3) is 0.900. The molecule has 0 bridgehead atoms. The van der Waals surface area contributed by atoms with Gasteiger partial charge in [-0.15, -0.1) is 0 Å². The Hall–Kier alpha value is 0.716. The fourth-order valence-corrected chi connectivity index (χ4v) is 28.6. The molecule has 0 aliphatic heterocycles. The van der Waals surface area contributed by atoms with Crippen LogP contribution in [0.2, 0.25) is 33.0 Å². The number of rotatable bonds is 12. The van der Waals surface area contributed by atoms with Gasteiger partial charge < -0.3 is 0 Å². The molecule has 0 atom stereocenters. The number of hydrogen-bond donors (Lipinski definition) is 1. The van der Waals surface area contributed by atoms with E-state index in [1.807, 2.05) is 0 Å². The quantitative estimate of drug-likeness (QED) is 0.321. The summed E-state index contributed by atoms with van der Waals surface area (Å²) in [5.74, 6) is 0. The minimum absolute atomic E-state index is 0.606. The minimum atomic E-state index is -2.51. The molecule has 0 spiro atoms. The molecule has 0 aromatic carbocycles. The van der Waals surface area contributed by atoms with Crippen LogP contribution < -0.4 is 0 Å². The maximum atomic E-state index is 11.1. The summed E-state index contributed by atoms with van der Waals surface area (Å²) in [5.41, 5.74) is 2.01. The molecule has 1 N–H and O–H groups in total. The van der Waals surface area contributed by atoms with Crippen molar-refractivity contribution in [3.8, 4) is 0 Å². The second-order valence-corrected chi connectivity index (χ2v) is 27.2. The van der Waals surface area contributed by atoms with Gasteiger partial charge in [0.15, 0.2) is 0 Å². The zero-order chi connectivity index (χ0) is 18.1. The Balaban J connectivity index is 5.98. The Morgan fingerprint density at radius 3 is 1.43 bits per heavy atom. The Labute approximate surface area is 152 Å². The Morgan fingerprint density at radius 1 is 0.870 bits per heavy atom. The van der Waals surface area contributed by atoms with Crippen molar-refractivity contribution in [3.63, 3.8) is 0 Å². The van der Waals surface area contributed by atoms with Crippen molar-refractivity contribution in [2.45, 2.75) is 112 Å². The first-order valence-corrected chi connectivity index (χ1v) is 21.0. The van der Waals surface area contributed by atoms with Crippen LogP contribution in [0.4, 0.5) is 0 Å². The average molecular weight is 447 g/mol. The summed E-state index contributed by atoms with van der Waals surface area (Å²) in [5, 5.41) is 11.1. The molecule has 0 rings (SSSR count). The fourth-order valence-electron chi connectivity index (χ4n) is 3.74. The van der Waals surface area contributed by atoms with Crippen molar-refractivity contribution in [3.05, 3.63) is 9.29 Å². The molecule has 138 valence electrons. The monoisotopic (exact) mass is 448 g/mol. The first-order chi connectivity index (χ1) is 10.5. The first-order valence-electron chi connectivity index (χ1n) is 9.98. The molecule has 0 aromatic heterocycles. The topological polar surface area (TPSA) is 20.2 Å². The van der Waals surface area contributed by atoms with Crippen molar-refractivity contribution in [1.29, 1.82) is 0 Å². The van der Waals surface area contributed by atoms with Gasteiger partial charge in [0.2, 0.25) is 0 Å². The summed E-state index contributed by atoms with van der Waals surface area (Å²) < 4.78 is 5.92. The van der Waals surface area contributed by atoms with Gasteiger partial charge in [-0.3, -0.25) is 0 Å². The third kappa shape index (κ3) is 9.11. The van der Waals surface area contributed by atoms with Crippen molar-refractivity contribution in [2.24, 2.45) is 0 Å². The predicted octanol–water partition coefficient (Wildman–Crippen LogP) is 6.95. The molecule has 1 nitrogen and oxygen atoms in total. The van der Waals surface area contributed by atoms with Crippen LogP contribution in [-0.2, 0) is 0 Å². The van der Waals surface area contributed by atoms with Crippen LogP contribution in [0.15, 0.2) is 9.29 Å². The van der Waals surface area contributed by atoms with E-state index >= 15 is 0 Å². The summed E-state index contributed by atoms with van der Waals surface area (Å²) in [6.07, 6.45) is 7.98. The third-order valence-electron chi connectivity index (χ3n) is 4.83. The van der Waals surface area contributed by atoms with Gasteiger partial charge in [-0.2, -0.15) is 0 Å². The normalized spacial score (nSPS) is 14.4. The standard InChI is InChI=1S/C8H17OSi.3C4H9.Sn/c1-8(2,9)6-7-10(3,4)5;3*1-3-4-2;/h7,9H,1-5H3;3*1,3-4H2,2H3;. The Bertz CT molecular complexity index is 328. The average Bonchev–Trinajstić information content (AvgIpc) is 2.43. The third-order valence-corrected chi connectivity index (χ3v) is 23.5. The van der Waals surface area contributed by atoms with Gasteiger partial charge in [-0.1, -0.05) is 0 Å². The molecule has 0 radical (unpaired) electrons. The molecule has 0 unspecified atom stereocenters. The second kappa shape index (κ2) is 10.6. The molecule has 0 aliphatic carbocycles. The first kappa shape index (κ1) is 23.7. The van der Waals surface area contributed by atoms with E-state index in [1.165, 1.54) is 51.8 Å². The van der Waals surface area contributed by atoms with E-state index in [0.717, 1.165) is 0 Å². The van der Waals surface area contributed by atoms with Gasteiger partial charge in [0.1, 0.15) is 0 Å². The van der Waals surface area contributed by atoms with E-state index in [4.69, 9.17) is 0 Å². The van der Waals surface area contributed by atoms with Gasteiger partial charge in [0, 0.05) is 0 Å². The summed E-state index contributed by atoms with van der Waals surface area (Å²) in [6, 6.07) is 0. The Kier molecular flexibility index (Phi) is 11.0. The molecular weight excluding hydrogens is 403 g/mol. The molecule has 0 heterocycles. The summed E-state index contributed by atoms with van der Waals surface area (Å²) in [6.45, 7) is 18.4. The number of unbranched alkanes of at least 4 members (excludes halogenated alkanes) is 3. The van der Waals surface area contributed by atoms with Gasteiger partial charge in [0.05, 0.1) is 0 Å². The predicted molar refractivity (Wildman–Crippen MR) is 113 cm³/mol. The molecular formula is C20H44OSiSn. The second-order valence-electron chi connectivity index (χ2n) is 9.07. The molecule has 0 saturated carbocycles. The Morgan fingerprint density at radius 2 is 1.22 bits per heavy atom. The number of aliphatic hydroxyl groups is 1. The van der Waals surface area contributed by atoms with Crippen LogP contribution in [0.25, 0.3) is 0 Å². The van der Waals surface area contributed by atoms with Crippen molar-refractivity contribution >= 4 is 26.5 Å². The molecule has 0 amide bonds. The van der Waals surface area contributed by atoms with E-state index in [1.54, 1.807) is 3.59 Å². The van der Waals surface area contributed by atoms with Crippen molar-refractivity contribution in [2.75, 3.05) is 0 Å². The molecule has 0 fully saturated rings. The van der Waals surface area contributed by atoms with Crippen LogP contribution in [0.5, 0.6) is 0 Å². The van der Waals surface area contributed by atoms with E-state index in [9.17, 15) is 5.11 Å². The van der Waals surface area contributed by atoms with E-state index in [0.29, 0.717) is 0 Å². The maximum absolute atomic E-state index is 11.1. The molecule has 0 saturated heterocycles. The van der Waals surface area contributed by atoms with Crippen molar-refractivity contribution in [1.82, 2.24) is 0 Å². The van der Waals surface area contributed by atoms with Crippen LogP contribution in [0.3, 0.4) is 0 Å². The summed E-state index contributed by atoms with van der Waals surface area (Å²) in [7, 11) is -1.33.